The molecular formula is C15H12N2O4S2. The van der Waals surface area contributed by atoms with Crippen molar-refractivity contribution in [2.75, 3.05) is 5.32 Å². The number of thiazole rings is 1. The Labute approximate surface area is 136 Å². The van der Waals surface area contributed by atoms with Gasteiger partial charge in [0, 0.05) is 11.6 Å². The van der Waals surface area contributed by atoms with Gasteiger partial charge in [-0.25, -0.2) is 13.4 Å². The molecule has 0 bridgehead atoms. The van der Waals surface area contributed by atoms with Crippen LogP contribution in [0.4, 0.5) is 5.13 Å². The molecule has 0 spiro atoms. The van der Waals surface area contributed by atoms with E-state index in [0.717, 1.165) is 0 Å². The number of benzene rings is 1. The molecular weight excluding hydrogens is 336 g/mol. The van der Waals surface area contributed by atoms with Crippen LogP contribution in [0.1, 0.15) is 16.3 Å². The van der Waals surface area contributed by atoms with Crippen LogP contribution in [0.3, 0.4) is 0 Å². The van der Waals surface area contributed by atoms with Gasteiger partial charge in [-0.3, -0.25) is 10.1 Å². The molecule has 0 aliphatic heterocycles. The third-order valence-corrected chi connectivity index (χ3v) is 5.32. The first-order chi connectivity index (χ1) is 11.0. The highest BCUT2D eigenvalue weighted by molar-refractivity contribution is 7.90. The zero-order valence-electron chi connectivity index (χ0n) is 11.8. The van der Waals surface area contributed by atoms with Crippen molar-refractivity contribution < 1.29 is 17.6 Å². The van der Waals surface area contributed by atoms with Gasteiger partial charge in [-0.2, -0.15) is 0 Å². The minimum Gasteiger partial charge on any atom is -0.455 e. The largest absolute Gasteiger partial charge is 0.455 e. The Hall–Kier alpha value is -2.45. The number of amides is 1. The number of carbonyl (C=O) groups is 1. The molecule has 0 saturated carbocycles. The topological polar surface area (TPSA) is 89.3 Å². The summed E-state index contributed by atoms with van der Waals surface area (Å²) < 4.78 is 29.9. The number of sulfone groups is 1. The maximum atomic E-state index is 12.3. The lowest BCUT2D eigenvalue weighted by Crippen LogP contribution is -2.10. The molecule has 1 amide bonds. The standard InChI is InChI=1S/C15H12N2O4S2/c18-14(17-15-16-8-9-22-15)13-7-6-11(21-13)10-23(19,20)12-4-2-1-3-5-12/h1-9H,10H2,(H,16,17,18). The molecule has 0 aliphatic carbocycles. The zero-order valence-corrected chi connectivity index (χ0v) is 13.4. The minimum atomic E-state index is -3.51. The molecule has 2 heterocycles. The molecule has 0 radical (unpaired) electrons. The number of hydrogen-bond acceptors (Lipinski definition) is 6. The van der Waals surface area contributed by atoms with Crippen LogP contribution in [0.25, 0.3) is 0 Å². The number of nitrogens with one attached hydrogen (secondary N) is 1. The summed E-state index contributed by atoms with van der Waals surface area (Å²) in [5.41, 5.74) is 0. The van der Waals surface area contributed by atoms with E-state index in [1.165, 1.54) is 35.6 Å². The van der Waals surface area contributed by atoms with Gasteiger partial charge in [0.25, 0.3) is 5.91 Å². The summed E-state index contributed by atoms with van der Waals surface area (Å²) in [5.74, 6) is -0.526. The summed E-state index contributed by atoms with van der Waals surface area (Å²) in [5, 5.41) is 4.75. The van der Waals surface area contributed by atoms with E-state index in [0.29, 0.717) is 5.13 Å². The van der Waals surface area contributed by atoms with Gasteiger partial charge < -0.3 is 4.42 Å². The molecule has 6 nitrogen and oxygen atoms in total. The summed E-state index contributed by atoms with van der Waals surface area (Å²) >= 11 is 1.28. The lowest BCUT2D eigenvalue weighted by molar-refractivity contribution is 0.0995. The lowest BCUT2D eigenvalue weighted by atomic mass is 10.4. The molecule has 0 saturated heterocycles. The minimum absolute atomic E-state index is 0.0402. The van der Waals surface area contributed by atoms with Crippen LogP contribution in [0.5, 0.6) is 0 Å². The molecule has 2 aromatic heterocycles. The summed E-state index contributed by atoms with van der Waals surface area (Å²) in [4.78, 5) is 16.1. The summed E-state index contributed by atoms with van der Waals surface area (Å²) in [6.07, 6.45) is 1.57. The van der Waals surface area contributed by atoms with E-state index in [1.54, 1.807) is 29.8 Å². The fourth-order valence-corrected chi connectivity index (χ4v) is 3.71. The Kier molecular flexibility index (Phi) is 4.26. The third kappa shape index (κ3) is 3.66. The first-order valence-electron chi connectivity index (χ1n) is 6.62. The average molecular weight is 348 g/mol. The van der Waals surface area contributed by atoms with Crippen LogP contribution >= 0.6 is 11.3 Å². The Balaban J connectivity index is 1.73. The molecule has 0 fully saturated rings. The number of furan rings is 1. The highest BCUT2D eigenvalue weighted by Gasteiger charge is 2.19. The third-order valence-electron chi connectivity index (χ3n) is 2.97. The zero-order chi connectivity index (χ0) is 16.3. The molecule has 1 aromatic carbocycles. The van der Waals surface area contributed by atoms with Gasteiger partial charge >= 0.3 is 0 Å². The molecule has 8 heteroatoms. The van der Waals surface area contributed by atoms with Crippen LogP contribution in [0.2, 0.25) is 0 Å². The normalized spacial score (nSPS) is 11.3. The SMILES string of the molecule is O=C(Nc1nccs1)c1ccc(CS(=O)(=O)c2ccccc2)o1. The van der Waals surface area contributed by atoms with Gasteiger partial charge in [0.05, 0.1) is 4.90 Å². The van der Waals surface area contributed by atoms with Crippen molar-refractivity contribution in [3.63, 3.8) is 0 Å². The first kappa shape index (κ1) is 15.4. The van der Waals surface area contributed by atoms with Crippen LogP contribution < -0.4 is 5.32 Å². The number of nitrogens with zero attached hydrogens (tertiary/aromatic N) is 1. The molecule has 3 rings (SSSR count). The Morgan fingerprint density at radius 1 is 1.17 bits per heavy atom. The highest BCUT2D eigenvalue weighted by atomic mass is 32.2. The van der Waals surface area contributed by atoms with Gasteiger partial charge in [0.1, 0.15) is 11.5 Å². The van der Waals surface area contributed by atoms with Crippen LogP contribution in [0, 0.1) is 0 Å². The first-order valence-corrected chi connectivity index (χ1v) is 9.15. The molecule has 0 aliphatic rings. The van der Waals surface area contributed by atoms with E-state index in [2.05, 4.69) is 10.3 Å². The van der Waals surface area contributed by atoms with Crippen molar-refractivity contribution in [3.8, 4) is 0 Å². The van der Waals surface area contributed by atoms with E-state index >= 15 is 0 Å². The fraction of sp³-hybridized carbons (Fsp3) is 0.0667. The second-order valence-electron chi connectivity index (χ2n) is 4.63. The van der Waals surface area contributed by atoms with Crippen molar-refractivity contribution in [3.05, 3.63) is 65.6 Å². The highest BCUT2D eigenvalue weighted by Crippen LogP contribution is 2.19. The molecule has 0 unspecified atom stereocenters. The van der Waals surface area contributed by atoms with Gasteiger partial charge in [-0.15, -0.1) is 11.3 Å². The number of anilines is 1. The van der Waals surface area contributed by atoms with Crippen molar-refractivity contribution >= 4 is 32.2 Å². The predicted octanol–water partition coefficient (Wildman–Crippen LogP) is 2.96. The second kappa shape index (κ2) is 6.35. The quantitative estimate of drug-likeness (QED) is 0.766. The van der Waals surface area contributed by atoms with Crippen LogP contribution in [-0.2, 0) is 15.6 Å². The van der Waals surface area contributed by atoms with Gasteiger partial charge in [0.2, 0.25) is 0 Å². The lowest BCUT2D eigenvalue weighted by Gasteiger charge is -2.02. The molecule has 3 aromatic rings. The second-order valence-corrected chi connectivity index (χ2v) is 7.51. The number of rotatable bonds is 5. The van der Waals surface area contributed by atoms with Gasteiger partial charge in [-0.05, 0) is 24.3 Å². The monoisotopic (exact) mass is 348 g/mol. The van der Waals surface area contributed by atoms with Crippen molar-refractivity contribution in [1.82, 2.24) is 4.98 Å². The molecule has 0 atom stereocenters. The van der Waals surface area contributed by atoms with E-state index < -0.39 is 15.7 Å². The smallest absolute Gasteiger partial charge is 0.293 e. The van der Waals surface area contributed by atoms with Crippen molar-refractivity contribution in [2.24, 2.45) is 0 Å². The van der Waals surface area contributed by atoms with Gasteiger partial charge in [-0.1, -0.05) is 18.2 Å². The Morgan fingerprint density at radius 2 is 1.96 bits per heavy atom. The van der Waals surface area contributed by atoms with E-state index in [4.69, 9.17) is 4.42 Å². The number of carbonyl (C=O) groups excluding carboxylic acids is 1. The fourth-order valence-electron chi connectivity index (χ4n) is 1.92. The number of hydrogen-bond donors (Lipinski definition) is 1. The van der Waals surface area contributed by atoms with E-state index in [9.17, 15) is 13.2 Å². The summed E-state index contributed by atoms with van der Waals surface area (Å²) in [6, 6.07) is 11.0. The Bertz CT molecular complexity index is 900. The molecule has 118 valence electrons. The Morgan fingerprint density at radius 3 is 2.65 bits per heavy atom. The van der Waals surface area contributed by atoms with Crippen molar-refractivity contribution in [1.29, 1.82) is 0 Å². The summed E-state index contributed by atoms with van der Waals surface area (Å²) in [6.45, 7) is 0. The molecule has 23 heavy (non-hydrogen) atoms. The van der Waals surface area contributed by atoms with Crippen molar-refractivity contribution in [2.45, 2.75) is 10.6 Å². The number of aromatic nitrogens is 1. The van der Waals surface area contributed by atoms with Crippen LogP contribution in [-0.4, -0.2) is 19.3 Å². The maximum absolute atomic E-state index is 12.3. The molecule has 1 N–H and O–H groups in total. The van der Waals surface area contributed by atoms with Crippen LogP contribution in [0.15, 0.2) is 63.4 Å². The predicted molar refractivity (Wildman–Crippen MR) is 86.1 cm³/mol. The van der Waals surface area contributed by atoms with E-state index in [1.807, 2.05) is 0 Å². The van der Waals surface area contributed by atoms with Gasteiger partial charge in [0.15, 0.2) is 20.7 Å². The average Bonchev–Trinajstić information content (AvgIpc) is 3.19. The summed E-state index contributed by atoms with van der Waals surface area (Å²) in [7, 11) is -3.51. The van der Waals surface area contributed by atoms with E-state index in [-0.39, 0.29) is 22.2 Å². The maximum Gasteiger partial charge on any atom is 0.293 e.